The molecular weight excluding hydrogens is 316 g/mol. The SMILES string of the molecule is CN(C(=O)c1ccn[nH]1)C1CCN(c2ncnc3ccccc23)CC1. The van der Waals surface area contributed by atoms with Gasteiger partial charge in [-0.15, -0.1) is 0 Å². The molecule has 2 aromatic heterocycles. The molecule has 4 rings (SSSR count). The lowest BCUT2D eigenvalue weighted by Crippen LogP contribution is -2.46. The summed E-state index contributed by atoms with van der Waals surface area (Å²) in [5.41, 5.74) is 1.49. The molecule has 0 saturated carbocycles. The van der Waals surface area contributed by atoms with E-state index in [0.29, 0.717) is 5.69 Å². The fraction of sp³-hybridized carbons (Fsp3) is 0.333. The molecule has 1 amide bonds. The molecule has 7 nitrogen and oxygen atoms in total. The van der Waals surface area contributed by atoms with Crippen molar-refractivity contribution in [3.63, 3.8) is 0 Å². The molecule has 3 heterocycles. The Hall–Kier alpha value is -2.96. The molecule has 1 aliphatic heterocycles. The second-order valence-corrected chi connectivity index (χ2v) is 6.32. The van der Waals surface area contributed by atoms with Crippen molar-refractivity contribution in [2.24, 2.45) is 0 Å². The van der Waals surface area contributed by atoms with E-state index >= 15 is 0 Å². The summed E-state index contributed by atoms with van der Waals surface area (Å²) < 4.78 is 0. The topological polar surface area (TPSA) is 78.0 Å². The number of hydrogen-bond donors (Lipinski definition) is 1. The van der Waals surface area contributed by atoms with Crippen LogP contribution in [0.25, 0.3) is 10.9 Å². The number of piperidine rings is 1. The van der Waals surface area contributed by atoms with Crippen LogP contribution in [0.2, 0.25) is 0 Å². The largest absolute Gasteiger partial charge is 0.356 e. The summed E-state index contributed by atoms with van der Waals surface area (Å²) in [6.07, 6.45) is 5.05. The zero-order valence-corrected chi connectivity index (χ0v) is 14.1. The average Bonchev–Trinajstić information content (AvgIpc) is 3.21. The molecule has 0 spiro atoms. The molecule has 1 N–H and O–H groups in total. The van der Waals surface area contributed by atoms with E-state index < -0.39 is 0 Å². The van der Waals surface area contributed by atoms with Gasteiger partial charge in [0, 0.05) is 37.8 Å². The van der Waals surface area contributed by atoms with E-state index in [2.05, 4.69) is 31.1 Å². The number of hydrogen-bond acceptors (Lipinski definition) is 5. The van der Waals surface area contributed by atoms with Gasteiger partial charge in [0.05, 0.1) is 5.52 Å². The Bertz CT molecular complexity index is 865. The van der Waals surface area contributed by atoms with E-state index in [4.69, 9.17) is 0 Å². The van der Waals surface area contributed by atoms with Crippen molar-refractivity contribution in [3.05, 3.63) is 48.5 Å². The number of nitrogens with one attached hydrogen (secondary N) is 1. The lowest BCUT2D eigenvalue weighted by molar-refractivity contribution is 0.0703. The fourth-order valence-electron chi connectivity index (χ4n) is 3.44. The molecule has 0 unspecified atom stereocenters. The number of anilines is 1. The summed E-state index contributed by atoms with van der Waals surface area (Å²) in [5, 5.41) is 7.67. The van der Waals surface area contributed by atoms with Crippen molar-refractivity contribution in [1.82, 2.24) is 25.1 Å². The number of benzene rings is 1. The van der Waals surface area contributed by atoms with Crippen LogP contribution < -0.4 is 4.90 Å². The zero-order valence-electron chi connectivity index (χ0n) is 14.1. The van der Waals surface area contributed by atoms with Crippen molar-refractivity contribution in [2.75, 3.05) is 25.0 Å². The quantitative estimate of drug-likeness (QED) is 0.792. The molecule has 128 valence electrons. The first kappa shape index (κ1) is 15.6. The number of nitrogens with zero attached hydrogens (tertiary/aromatic N) is 5. The number of aromatic nitrogens is 4. The minimum atomic E-state index is -0.0107. The lowest BCUT2D eigenvalue weighted by atomic mass is 10.0. The van der Waals surface area contributed by atoms with Crippen LogP contribution in [0.1, 0.15) is 23.3 Å². The smallest absolute Gasteiger partial charge is 0.271 e. The van der Waals surface area contributed by atoms with E-state index in [1.807, 2.05) is 30.1 Å². The average molecular weight is 336 g/mol. The van der Waals surface area contributed by atoms with Gasteiger partial charge in [-0.25, -0.2) is 9.97 Å². The highest BCUT2D eigenvalue weighted by molar-refractivity contribution is 5.92. The summed E-state index contributed by atoms with van der Waals surface area (Å²) >= 11 is 0. The first-order valence-electron chi connectivity index (χ1n) is 8.45. The van der Waals surface area contributed by atoms with E-state index in [1.54, 1.807) is 18.6 Å². The molecule has 0 radical (unpaired) electrons. The summed E-state index contributed by atoms with van der Waals surface area (Å²) in [7, 11) is 1.86. The Morgan fingerprint density at radius 1 is 1.20 bits per heavy atom. The van der Waals surface area contributed by atoms with Crippen LogP contribution >= 0.6 is 0 Å². The number of fused-ring (bicyclic) bond motifs is 1. The summed E-state index contributed by atoms with van der Waals surface area (Å²) in [5.74, 6) is 0.968. The van der Waals surface area contributed by atoms with E-state index in [0.717, 1.165) is 42.7 Å². The molecule has 25 heavy (non-hydrogen) atoms. The van der Waals surface area contributed by atoms with Crippen LogP contribution in [0.3, 0.4) is 0 Å². The highest BCUT2D eigenvalue weighted by Crippen LogP contribution is 2.26. The normalized spacial score (nSPS) is 15.5. The van der Waals surface area contributed by atoms with Crippen LogP contribution in [0.15, 0.2) is 42.9 Å². The molecule has 1 fully saturated rings. The second-order valence-electron chi connectivity index (χ2n) is 6.32. The fourth-order valence-corrected chi connectivity index (χ4v) is 3.44. The number of carbonyl (C=O) groups excluding carboxylic acids is 1. The maximum atomic E-state index is 12.5. The third-order valence-electron chi connectivity index (χ3n) is 4.89. The third kappa shape index (κ3) is 2.93. The Kier molecular flexibility index (Phi) is 4.05. The second kappa shape index (κ2) is 6.51. The zero-order chi connectivity index (χ0) is 17.2. The van der Waals surface area contributed by atoms with Gasteiger partial charge in [-0.05, 0) is 31.0 Å². The molecular formula is C18H20N6O. The van der Waals surface area contributed by atoms with Crippen molar-refractivity contribution < 1.29 is 4.79 Å². The molecule has 7 heteroatoms. The van der Waals surface area contributed by atoms with Gasteiger partial charge in [-0.1, -0.05) is 12.1 Å². The summed E-state index contributed by atoms with van der Waals surface area (Å²) in [4.78, 5) is 25.4. The van der Waals surface area contributed by atoms with Crippen LogP contribution in [0, 0.1) is 0 Å². The summed E-state index contributed by atoms with van der Waals surface area (Å²) in [6, 6.07) is 10.00. The first-order chi connectivity index (χ1) is 12.2. The Morgan fingerprint density at radius 2 is 2.00 bits per heavy atom. The van der Waals surface area contributed by atoms with Gasteiger partial charge in [0.2, 0.25) is 0 Å². The standard InChI is InChI=1S/C18H20N6O/c1-23(18(25)16-6-9-21-22-16)13-7-10-24(11-8-13)17-14-4-2-3-5-15(14)19-12-20-17/h2-6,9,12-13H,7-8,10-11H2,1H3,(H,21,22). The number of rotatable bonds is 3. The number of H-pyrrole nitrogens is 1. The van der Waals surface area contributed by atoms with Crippen LogP contribution in [0.5, 0.6) is 0 Å². The number of carbonyl (C=O) groups is 1. The van der Waals surface area contributed by atoms with Gasteiger partial charge in [0.25, 0.3) is 5.91 Å². The molecule has 0 atom stereocenters. The Morgan fingerprint density at radius 3 is 2.76 bits per heavy atom. The monoisotopic (exact) mass is 336 g/mol. The van der Waals surface area contributed by atoms with Gasteiger partial charge in [-0.3, -0.25) is 9.89 Å². The molecule has 3 aromatic rings. The third-order valence-corrected chi connectivity index (χ3v) is 4.89. The molecule has 1 aliphatic rings. The number of amides is 1. The van der Waals surface area contributed by atoms with Crippen LogP contribution in [-0.2, 0) is 0 Å². The van der Waals surface area contributed by atoms with Crippen molar-refractivity contribution >= 4 is 22.6 Å². The lowest BCUT2D eigenvalue weighted by Gasteiger charge is -2.37. The van der Waals surface area contributed by atoms with Gasteiger partial charge < -0.3 is 9.80 Å². The van der Waals surface area contributed by atoms with Crippen LogP contribution in [0.4, 0.5) is 5.82 Å². The maximum Gasteiger partial charge on any atom is 0.271 e. The predicted octanol–water partition coefficient (Wildman–Crippen LogP) is 2.09. The number of para-hydroxylation sites is 1. The molecule has 1 aromatic carbocycles. The van der Waals surface area contributed by atoms with E-state index in [1.165, 1.54) is 0 Å². The van der Waals surface area contributed by atoms with Gasteiger partial charge in [0.15, 0.2) is 0 Å². The highest BCUT2D eigenvalue weighted by Gasteiger charge is 2.27. The number of aromatic amines is 1. The minimum Gasteiger partial charge on any atom is -0.356 e. The van der Waals surface area contributed by atoms with Gasteiger partial charge in [0.1, 0.15) is 17.8 Å². The van der Waals surface area contributed by atoms with E-state index in [-0.39, 0.29) is 11.9 Å². The molecule has 1 saturated heterocycles. The van der Waals surface area contributed by atoms with Crippen molar-refractivity contribution in [1.29, 1.82) is 0 Å². The first-order valence-corrected chi connectivity index (χ1v) is 8.45. The Balaban J connectivity index is 1.47. The molecule has 0 bridgehead atoms. The van der Waals surface area contributed by atoms with Crippen molar-refractivity contribution in [2.45, 2.75) is 18.9 Å². The van der Waals surface area contributed by atoms with E-state index in [9.17, 15) is 4.79 Å². The minimum absolute atomic E-state index is 0.0107. The Labute approximate surface area is 145 Å². The maximum absolute atomic E-state index is 12.5. The van der Waals surface area contributed by atoms with Gasteiger partial charge >= 0.3 is 0 Å². The molecule has 0 aliphatic carbocycles. The van der Waals surface area contributed by atoms with Crippen molar-refractivity contribution in [3.8, 4) is 0 Å². The van der Waals surface area contributed by atoms with Gasteiger partial charge in [-0.2, -0.15) is 5.10 Å². The van der Waals surface area contributed by atoms with Crippen LogP contribution in [-0.4, -0.2) is 57.2 Å². The highest BCUT2D eigenvalue weighted by atomic mass is 16.2. The summed E-state index contributed by atoms with van der Waals surface area (Å²) in [6.45, 7) is 1.73. The predicted molar refractivity (Wildman–Crippen MR) is 95.5 cm³/mol.